The van der Waals surface area contributed by atoms with E-state index in [9.17, 15) is 0 Å². The average molecular weight is 293 g/mol. The number of hydrogen-bond acceptors (Lipinski definition) is 4. The maximum atomic E-state index is 5.49. The van der Waals surface area contributed by atoms with Gasteiger partial charge in [0.05, 0.1) is 31.3 Å². The molecule has 5 nitrogen and oxygen atoms in total. The Bertz CT molecular complexity index is 692. The fourth-order valence-corrected chi connectivity index (χ4v) is 3.29. The van der Waals surface area contributed by atoms with E-state index in [0.717, 1.165) is 41.1 Å². The first kappa shape index (κ1) is 13.5. The number of rotatable bonds is 3. The number of aromatic amines is 1. The summed E-state index contributed by atoms with van der Waals surface area (Å²) in [6, 6.07) is 4.36. The molecule has 108 valence electrons. The number of likely N-dealkylation sites (N-methyl/N-ethyl adjacent to an activating group) is 1. The number of imidazole rings is 1. The van der Waals surface area contributed by atoms with Crippen LogP contribution < -0.4 is 9.47 Å². The number of nitrogens with one attached hydrogen (secondary N) is 1. The van der Waals surface area contributed by atoms with Crippen LogP contribution >= 0.6 is 12.2 Å². The zero-order valence-corrected chi connectivity index (χ0v) is 12.8. The van der Waals surface area contributed by atoms with Crippen molar-refractivity contribution in [1.82, 2.24) is 14.5 Å². The maximum absolute atomic E-state index is 5.49. The molecule has 1 atom stereocenters. The molecule has 1 fully saturated rings. The summed E-state index contributed by atoms with van der Waals surface area (Å²) in [7, 11) is 5.43. The van der Waals surface area contributed by atoms with Gasteiger partial charge in [-0.25, -0.2) is 0 Å². The van der Waals surface area contributed by atoms with E-state index in [2.05, 4.69) is 21.5 Å². The molecular formula is C14H19N3O2S. The zero-order chi connectivity index (χ0) is 14.3. The monoisotopic (exact) mass is 293 g/mol. The Morgan fingerprint density at radius 1 is 1.25 bits per heavy atom. The molecule has 20 heavy (non-hydrogen) atoms. The van der Waals surface area contributed by atoms with Crippen LogP contribution in [0.25, 0.3) is 11.0 Å². The molecule has 1 aromatic carbocycles. The molecule has 3 rings (SSSR count). The van der Waals surface area contributed by atoms with Crippen molar-refractivity contribution in [2.75, 3.05) is 34.4 Å². The first-order chi connectivity index (χ1) is 9.63. The Balaban J connectivity index is 2.17. The number of H-pyrrole nitrogens is 1. The van der Waals surface area contributed by atoms with Crippen molar-refractivity contribution in [2.24, 2.45) is 0 Å². The number of aromatic nitrogens is 2. The van der Waals surface area contributed by atoms with E-state index in [4.69, 9.17) is 21.7 Å². The van der Waals surface area contributed by atoms with E-state index >= 15 is 0 Å². The predicted molar refractivity (Wildman–Crippen MR) is 81.4 cm³/mol. The summed E-state index contributed by atoms with van der Waals surface area (Å²) in [5, 5.41) is 0. The number of benzene rings is 1. The molecule has 1 N–H and O–H groups in total. The van der Waals surface area contributed by atoms with Crippen LogP contribution in [0.2, 0.25) is 0 Å². The van der Waals surface area contributed by atoms with Crippen LogP contribution in [0.5, 0.6) is 11.5 Å². The highest BCUT2D eigenvalue weighted by Crippen LogP contribution is 2.34. The van der Waals surface area contributed by atoms with Gasteiger partial charge in [0.15, 0.2) is 16.3 Å². The Morgan fingerprint density at radius 3 is 2.55 bits per heavy atom. The maximum Gasteiger partial charge on any atom is 0.178 e. The summed E-state index contributed by atoms with van der Waals surface area (Å²) < 4.78 is 13.7. The van der Waals surface area contributed by atoms with E-state index in [1.165, 1.54) is 0 Å². The van der Waals surface area contributed by atoms with Crippen molar-refractivity contribution in [1.29, 1.82) is 0 Å². The predicted octanol–water partition coefficient (Wildman–Crippen LogP) is 2.59. The summed E-state index contributed by atoms with van der Waals surface area (Å²) >= 11 is 5.49. The summed E-state index contributed by atoms with van der Waals surface area (Å²) in [5.41, 5.74) is 2.06. The number of likely N-dealkylation sites (tertiary alicyclic amines) is 1. The molecule has 6 heteroatoms. The van der Waals surface area contributed by atoms with Crippen molar-refractivity contribution in [3.8, 4) is 11.5 Å². The van der Waals surface area contributed by atoms with E-state index in [1.54, 1.807) is 14.2 Å². The Morgan fingerprint density at radius 2 is 1.95 bits per heavy atom. The van der Waals surface area contributed by atoms with E-state index in [1.807, 2.05) is 12.1 Å². The Hall–Kier alpha value is -1.53. The molecule has 1 aliphatic rings. The fraction of sp³-hybridized carbons (Fsp3) is 0.500. The van der Waals surface area contributed by atoms with Gasteiger partial charge in [0.2, 0.25) is 0 Å². The molecule has 1 saturated heterocycles. The van der Waals surface area contributed by atoms with E-state index < -0.39 is 0 Å². The van der Waals surface area contributed by atoms with Gasteiger partial charge in [-0.05, 0) is 32.2 Å². The molecule has 2 heterocycles. The first-order valence-electron chi connectivity index (χ1n) is 6.69. The van der Waals surface area contributed by atoms with Crippen LogP contribution in [0.3, 0.4) is 0 Å². The number of methoxy groups -OCH3 is 2. The third kappa shape index (κ3) is 2.09. The van der Waals surface area contributed by atoms with Gasteiger partial charge in [-0.2, -0.15) is 0 Å². The second-order valence-electron chi connectivity index (χ2n) is 5.23. The number of nitrogens with zero attached hydrogens (tertiary/aromatic N) is 2. The van der Waals surface area contributed by atoms with E-state index in [0.29, 0.717) is 11.8 Å². The molecule has 0 aliphatic carbocycles. The fourth-order valence-electron chi connectivity index (χ4n) is 2.94. The van der Waals surface area contributed by atoms with Crippen molar-refractivity contribution in [3.63, 3.8) is 0 Å². The molecule has 1 aromatic heterocycles. The SMILES string of the molecule is COc1cc2[nH]c(=S)n(C3CCN(C)C3)c2cc1OC. The second-order valence-corrected chi connectivity index (χ2v) is 5.62. The second kappa shape index (κ2) is 5.10. The standard InChI is InChI=1S/C14H19N3O2S/c1-16-5-4-9(8-16)17-11-7-13(19-3)12(18-2)6-10(11)15-14(17)20/h6-7,9H,4-5,8H2,1-3H3,(H,15,20). The quantitative estimate of drug-likeness (QED) is 0.883. The lowest BCUT2D eigenvalue weighted by Gasteiger charge is -2.14. The van der Waals surface area contributed by atoms with Crippen molar-refractivity contribution in [3.05, 3.63) is 16.9 Å². The summed E-state index contributed by atoms with van der Waals surface area (Å²) in [6.07, 6.45) is 1.12. The lowest BCUT2D eigenvalue weighted by molar-refractivity contribution is 0.355. The molecule has 1 unspecified atom stereocenters. The van der Waals surface area contributed by atoms with E-state index in [-0.39, 0.29) is 0 Å². The van der Waals surface area contributed by atoms with Crippen LogP contribution in [-0.4, -0.2) is 48.8 Å². The van der Waals surface area contributed by atoms with Crippen molar-refractivity contribution < 1.29 is 9.47 Å². The molecule has 0 spiro atoms. The third-order valence-corrected chi connectivity index (χ3v) is 4.25. The number of hydrogen-bond donors (Lipinski definition) is 1. The highest BCUT2D eigenvalue weighted by Gasteiger charge is 2.24. The largest absolute Gasteiger partial charge is 0.493 e. The third-order valence-electron chi connectivity index (χ3n) is 3.95. The lowest BCUT2D eigenvalue weighted by atomic mass is 10.2. The van der Waals surface area contributed by atoms with Crippen LogP contribution in [0.15, 0.2) is 12.1 Å². The summed E-state index contributed by atoms with van der Waals surface area (Å²) in [6.45, 7) is 2.13. The van der Waals surface area contributed by atoms with Gasteiger partial charge in [-0.15, -0.1) is 0 Å². The topological polar surface area (TPSA) is 42.4 Å². The summed E-state index contributed by atoms with van der Waals surface area (Å²) in [4.78, 5) is 5.59. The van der Waals surface area contributed by atoms with Gasteiger partial charge in [-0.3, -0.25) is 0 Å². The van der Waals surface area contributed by atoms with Crippen LogP contribution in [-0.2, 0) is 0 Å². The highest BCUT2D eigenvalue weighted by molar-refractivity contribution is 7.71. The Kier molecular flexibility index (Phi) is 3.43. The van der Waals surface area contributed by atoms with Gasteiger partial charge in [0, 0.05) is 18.7 Å². The van der Waals surface area contributed by atoms with Crippen LogP contribution in [0, 0.1) is 4.77 Å². The molecular weight excluding hydrogens is 274 g/mol. The Labute approximate surface area is 123 Å². The highest BCUT2D eigenvalue weighted by atomic mass is 32.1. The number of fused-ring (bicyclic) bond motifs is 1. The zero-order valence-electron chi connectivity index (χ0n) is 12.0. The van der Waals surface area contributed by atoms with Crippen molar-refractivity contribution >= 4 is 23.3 Å². The van der Waals surface area contributed by atoms with Gasteiger partial charge in [-0.1, -0.05) is 0 Å². The molecule has 0 saturated carbocycles. The first-order valence-corrected chi connectivity index (χ1v) is 7.09. The van der Waals surface area contributed by atoms with Crippen molar-refractivity contribution in [2.45, 2.75) is 12.5 Å². The summed E-state index contributed by atoms with van der Waals surface area (Å²) in [5.74, 6) is 1.45. The molecule has 2 aromatic rings. The average Bonchev–Trinajstić information content (AvgIpc) is 2.99. The van der Waals surface area contributed by atoms with Gasteiger partial charge >= 0.3 is 0 Å². The molecule has 0 amide bonds. The molecule has 0 bridgehead atoms. The normalized spacial score (nSPS) is 19.6. The number of ether oxygens (including phenoxy) is 2. The smallest absolute Gasteiger partial charge is 0.178 e. The minimum absolute atomic E-state index is 0.416. The molecule has 0 radical (unpaired) electrons. The van der Waals surface area contributed by atoms with Crippen LogP contribution in [0.1, 0.15) is 12.5 Å². The lowest BCUT2D eigenvalue weighted by Crippen LogP contribution is -2.16. The van der Waals surface area contributed by atoms with Gasteiger partial charge < -0.3 is 23.9 Å². The minimum Gasteiger partial charge on any atom is -0.493 e. The van der Waals surface area contributed by atoms with Gasteiger partial charge in [0.1, 0.15) is 0 Å². The minimum atomic E-state index is 0.416. The van der Waals surface area contributed by atoms with Gasteiger partial charge in [0.25, 0.3) is 0 Å². The van der Waals surface area contributed by atoms with Crippen LogP contribution in [0.4, 0.5) is 0 Å². The molecule has 1 aliphatic heterocycles.